The Morgan fingerprint density at radius 3 is 2.30 bits per heavy atom. The minimum absolute atomic E-state index is 0.267. The predicted molar refractivity (Wildman–Crippen MR) is 108 cm³/mol. The van der Waals surface area contributed by atoms with Gasteiger partial charge in [-0.2, -0.15) is 0 Å². The van der Waals surface area contributed by atoms with Gasteiger partial charge in [0.15, 0.2) is 0 Å². The Bertz CT molecular complexity index is 620. The molecule has 27 heavy (non-hydrogen) atoms. The van der Waals surface area contributed by atoms with Gasteiger partial charge in [0.2, 0.25) is 0 Å². The maximum atomic E-state index is 12.5. The number of rotatable bonds is 2. The maximum absolute atomic E-state index is 12.5. The van der Waals surface area contributed by atoms with Crippen LogP contribution in [-0.4, -0.2) is 16.5 Å². The molecule has 8 atom stereocenters. The van der Waals surface area contributed by atoms with Crippen LogP contribution in [0.5, 0.6) is 0 Å². The van der Waals surface area contributed by atoms with E-state index in [1.54, 1.807) is 0 Å². The van der Waals surface area contributed by atoms with Crippen molar-refractivity contribution in [3.63, 3.8) is 0 Å². The zero-order valence-corrected chi connectivity index (χ0v) is 17.8. The summed E-state index contributed by atoms with van der Waals surface area (Å²) < 4.78 is 0. The van der Waals surface area contributed by atoms with Crippen LogP contribution < -0.4 is 0 Å². The standard InChI is InChI=1S/C25H40O2/c1-16(26)20-5-4-6-21-19-10-9-18-15-23(2,27)13-14-25(18,17-7-8-17)22(19)11-12-24(20,21)3/h17-22,27H,4-15H2,1-3H3/t18-,19+,20-,21+,22+,23-,24-,25-/m1/s1. The van der Waals surface area contributed by atoms with E-state index in [2.05, 4.69) is 13.8 Å². The van der Waals surface area contributed by atoms with Crippen LogP contribution in [0.1, 0.15) is 97.8 Å². The second kappa shape index (κ2) is 6.07. The Labute approximate surface area is 165 Å². The normalized spacial score (nSPS) is 55.2. The van der Waals surface area contributed by atoms with Crippen LogP contribution in [0.4, 0.5) is 0 Å². The molecule has 0 bridgehead atoms. The van der Waals surface area contributed by atoms with Crippen LogP contribution in [0.15, 0.2) is 0 Å². The topological polar surface area (TPSA) is 37.3 Å². The van der Waals surface area contributed by atoms with Gasteiger partial charge >= 0.3 is 0 Å². The Morgan fingerprint density at radius 1 is 0.852 bits per heavy atom. The van der Waals surface area contributed by atoms with E-state index in [0.717, 1.165) is 48.9 Å². The molecule has 0 aromatic heterocycles. The number of hydrogen-bond donors (Lipinski definition) is 1. The van der Waals surface area contributed by atoms with Crippen molar-refractivity contribution in [2.75, 3.05) is 0 Å². The first-order chi connectivity index (χ1) is 12.8. The van der Waals surface area contributed by atoms with Crippen LogP contribution in [0.25, 0.3) is 0 Å². The summed E-state index contributed by atoms with van der Waals surface area (Å²) in [5, 5.41) is 10.8. The monoisotopic (exact) mass is 372 g/mol. The summed E-state index contributed by atoms with van der Waals surface area (Å²) in [6.07, 6.45) is 15.3. The van der Waals surface area contributed by atoms with Crippen molar-refractivity contribution in [1.29, 1.82) is 0 Å². The van der Waals surface area contributed by atoms with Gasteiger partial charge in [-0.15, -0.1) is 0 Å². The fourth-order valence-electron chi connectivity index (χ4n) is 9.45. The summed E-state index contributed by atoms with van der Waals surface area (Å²) in [4.78, 5) is 12.5. The Balaban J connectivity index is 1.49. The highest BCUT2D eigenvalue weighted by atomic mass is 16.3. The lowest BCUT2D eigenvalue weighted by molar-refractivity contribution is -0.181. The minimum Gasteiger partial charge on any atom is -0.390 e. The average Bonchev–Trinajstić information content (AvgIpc) is 3.44. The number of carbonyl (C=O) groups excluding carboxylic acids is 1. The molecule has 0 saturated heterocycles. The van der Waals surface area contributed by atoms with Crippen LogP contribution in [-0.2, 0) is 4.79 Å². The molecule has 5 aliphatic rings. The van der Waals surface area contributed by atoms with Crippen LogP contribution in [0, 0.1) is 46.3 Å². The van der Waals surface area contributed by atoms with E-state index in [4.69, 9.17) is 0 Å². The van der Waals surface area contributed by atoms with E-state index in [-0.39, 0.29) is 5.41 Å². The van der Waals surface area contributed by atoms with Crippen LogP contribution in [0.2, 0.25) is 0 Å². The number of ketones is 1. The number of fused-ring (bicyclic) bond motifs is 5. The van der Waals surface area contributed by atoms with E-state index in [1.165, 1.54) is 57.8 Å². The second-order valence-electron chi connectivity index (χ2n) is 11.9. The third kappa shape index (κ3) is 2.64. The summed E-state index contributed by atoms with van der Waals surface area (Å²) >= 11 is 0. The molecule has 0 unspecified atom stereocenters. The molecule has 0 aliphatic heterocycles. The third-order valence-electron chi connectivity index (χ3n) is 10.6. The molecule has 0 spiro atoms. The highest BCUT2D eigenvalue weighted by molar-refractivity contribution is 5.79. The molecule has 2 nitrogen and oxygen atoms in total. The van der Waals surface area contributed by atoms with Gasteiger partial charge in [-0.05, 0) is 125 Å². The summed E-state index contributed by atoms with van der Waals surface area (Å²) in [5.74, 6) is 4.99. The first-order valence-corrected chi connectivity index (χ1v) is 12.0. The first-order valence-electron chi connectivity index (χ1n) is 12.0. The van der Waals surface area contributed by atoms with Crippen molar-refractivity contribution in [3.8, 4) is 0 Å². The highest BCUT2D eigenvalue weighted by Gasteiger charge is 2.65. The summed E-state index contributed by atoms with van der Waals surface area (Å²) in [7, 11) is 0. The molecule has 152 valence electrons. The van der Waals surface area contributed by atoms with Gasteiger partial charge in [-0.3, -0.25) is 4.79 Å². The summed E-state index contributed by atoms with van der Waals surface area (Å²) in [5.41, 5.74) is 0.377. The molecule has 1 N–H and O–H groups in total. The van der Waals surface area contributed by atoms with Crippen molar-refractivity contribution in [2.24, 2.45) is 46.3 Å². The van der Waals surface area contributed by atoms with Crippen LogP contribution in [0.3, 0.4) is 0 Å². The number of aliphatic hydroxyl groups is 1. The Hall–Kier alpha value is -0.370. The molecule has 0 amide bonds. The lowest BCUT2D eigenvalue weighted by atomic mass is 9.39. The minimum atomic E-state index is -0.427. The van der Waals surface area contributed by atoms with E-state index < -0.39 is 5.60 Å². The van der Waals surface area contributed by atoms with Gasteiger partial charge in [0, 0.05) is 5.92 Å². The first kappa shape index (κ1) is 18.6. The summed E-state index contributed by atoms with van der Waals surface area (Å²) in [6.45, 7) is 6.43. The van der Waals surface area contributed by atoms with Gasteiger partial charge in [-0.25, -0.2) is 0 Å². The molecule has 2 heteroatoms. The van der Waals surface area contributed by atoms with Gasteiger partial charge in [0.05, 0.1) is 5.60 Å². The van der Waals surface area contributed by atoms with Crippen molar-refractivity contribution in [2.45, 2.75) is 103 Å². The van der Waals surface area contributed by atoms with E-state index in [9.17, 15) is 9.90 Å². The van der Waals surface area contributed by atoms with Crippen molar-refractivity contribution in [3.05, 3.63) is 0 Å². The lowest BCUT2D eigenvalue weighted by Crippen LogP contribution is -2.59. The van der Waals surface area contributed by atoms with Crippen molar-refractivity contribution < 1.29 is 9.90 Å². The average molecular weight is 373 g/mol. The largest absolute Gasteiger partial charge is 0.390 e. The van der Waals surface area contributed by atoms with Gasteiger partial charge in [0.25, 0.3) is 0 Å². The quantitative estimate of drug-likeness (QED) is 0.668. The predicted octanol–water partition coefficient (Wildman–Crippen LogP) is 5.77. The van der Waals surface area contributed by atoms with Crippen LogP contribution >= 0.6 is 0 Å². The molecule has 0 aromatic rings. The molecular formula is C25H40O2. The smallest absolute Gasteiger partial charge is 0.133 e. The third-order valence-corrected chi connectivity index (χ3v) is 10.6. The zero-order chi connectivity index (χ0) is 19.0. The maximum Gasteiger partial charge on any atom is 0.133 e. The van der Waals surface area contributed by atoms with E-state index >= 15 is 0 Å². The highest BCUT2D eigenvalue weighted by Crippen LogP contribution is 2.72. The molecule has 5 rings (SSSR count). The van der Waals surface area contributed by atoms with Gasteiger partial charge in [0.1, 0.15) is 5.78 Å². The van der Waals surface area contributed by atoms with Gasteiger partial charge < -0.3 is 5.11 Å². The molecular weight excluding hydrogens is 332 g/mol. The van der Waals surface area contributed by atoms with E-state index in [0.29, 0.717) is 17.1 Å². The number of Topliss-reactive ketones (excluding diaryl/α,β-unsaturated/α-hetero) is 1. The second-order valence-corrected chi connectivity index (χ2v) is 11.9. The molecule has 0 heterocycles. The fraction of sp³-hybridized carbons (Fsp3) is 0.960. The fourth-order valence-corrected chi connectivity index (χ4v) is 9.45. The number of hydrogen-bond acceptors (Lipinski definition) is 2. The molecule has 5 saturated carbocycles. The molecule has 5 aliphatic carbocycles. The Kier molecular flexibility index (Phi) is 4.19. The van der Waals surface area contributed by atoms with E-state index in [1.807, 2.05) is 6.92 Å². The van der Waals surface area contributed by atoms with Gasteiger partial charge in [-0.1, -0.05) is 13.3 Å². The number of carbonyl (C=O) groups is 1. The molecule has 5 fully saturated rings. The SMILES string of the molecule is CC(=O)[C@H]1CCC[C@H]2[C@@H]3CC[C@@H]4C[C@](C)(O)CC[C@]4(C4CC4)[C@H]3CC[C@]12C. The molecule has 0 radical (unpaired) electrons. The summed E-state index contributed by atoms with van der Waals surface area (Å²) in [6, 6.07) is 0. The Morgan fingerprint density at radius 2 is 1.59 bits per heavy atom. The zero-order valence-electron chi connectivity index (χ0n) is 17.8. The van der Waals surface area contributed by atoms with Crippen molar-refractivity contribution in [1.82, 2.24) is 0 Å². The lowest BCUT2D eigenvalue weighted by Gasteiger charge is -2.65. The van der Waals surface area contributed by atoms with Crippen molar-refractivity contribution >= 4 is 5.78 Å². The molecule has 0 aromatic carbocycles.